The summed E-state index contributed by atoms with van der Waals surface area (Å²) in [5.74, 6) is 0.118. The van der Waals surface area contributed by atoms with E-state index in [0.717, 1.165) is 0 Å². The van der Waals surface area contributed by atoms with Gasteiger partial charge in [-0.1, -0.05) is 22.3 Å². The molecule has 1 heterocycles. The van der Waals surface area contributed by atoms with E-state index >= 15 is 0 Å². The Balaban J connectivity index is 2.24. The standard InChI is InChI=1S/C12H9ClN2O/c13-11-5-4-10(12(16)8-11)9-14-15-6-2-1-3-7-15/h1-9H/p+1. The van der Waals surface area contributed by atoms with Gasteiger partial charge in [-0.2, -0.15) is 0 Å². The number of rotatable bonds is 2. The summed E-state index contributed by atoms with van der Waals surface area (Å²) in [5, 5.41) is 14.2. The van der Waals surface area contributed by atoms with Crippen LogP contribution in [0.3, 0.4) is 0 Å². The van der Waals surface area contributed by atoms with Crippen LogP contribution in [0.4, 0.5) is 0 Å². The highest BCUT2D eigenvalue weighted by atomic mass is 35.5. The molecule has 0 unspecified atom stereocenters. The van der Waals surface area contributed by atoms with Crippen LogP contribution in [0.1, 0.15) is 5.56 Å². The predicted octanol–water partition coefficient (Wildman–Crippen LogP) is 2.22. The third-order valence-corrected chi connectivity index (χ3v) is 2.26. The van der Waals surface area contributed by atoms with Gasteiger partial charge in [0.25, 0.3) is 0 Å². The fraction of sp³-hybridized carbons (Fsp3) is 0. The largest absolute Gasteiger partial charge is 0.507 e. The van der Waals surface area contributed by atoms with E-state index in [1.165, 1.54) is 6.07 Å². The number of hydrogen-bond donors (Lipinski definition) is 1. The Morgan fingerprint density at radius 2 is 1.94 bits per heavy atom. The van der Waals surface area contributed by atoms with E-state index in [-0.39, 0.29) is 5.75 Å². The molecule has 0 aliphatic heterocycles. The zero-order valence-corrected chi connectivity index (χ0v) is 9.17. The van der Waals surface area contributed by atoms with E-state index < -0.39 is 0 Å². The zero-order valence-electron chi connectivity index (χ0n) is 8.42. The van der Waals surface area contributed by atoms with Crippen molar-refractivity contribution < 1.29 is 9.78 Å². The quantitative estimate of drug-likeness (QED) is 0.627. The van der Waals surface area contributed by atoms with Crippen LogP contribution in [0.2, 0.25) is 5.02 Å². The first-order valence-electron chi connectivity index (χ1n) is 4.75. The minimum Gasteiger partial charge on any atom is -0.507 e. The summed E-state index contributed by atoms with van der Waals surface area (Å²) >= 11 is 5.72. The Bertz CT molecular complexity index is 512. The molecule has 0 bridgehead atoms. The van der Waals surface area contributed by atoms with Crippen LogP contribution in [0.25, 0.3) is 0 Å². The van der Waals surface area contributed by atoms with E-state index in [0.29, 0.717) is 10.6 Å². The molecule has 1 aromatic carbocycles. The van der Waals surface area contributed by atoms with E-state index in [2.05, 4.69) is 5.10 Å². The van der Waals surface area contributed by atoms with Gasteiger partial charge in [-0.3, -0.25) is 0 Å². The minimum absolute atomic E-state index is 0.118. The van der Waals surface area contributed by atoms with E-state index in [1.807, 2.05) is 30.6 Å². The number of phenols is 1. The summed E-state index contributed by atoms with van der Waals surface area (Å²) in [7, 11) is 0. The molecule has 0 saturated carbocycles. The van der Waals surface area contributed by atoms with Gasteiger partial charge in [0.1, 0.15) is 12.0 Å². The maximum Gasteiger partial charge on any atom is 0.202 e. The molecule has 1 N–H and O–H groups in total. The Labute approximate surface area is 98.2 Å². The second kappa shape index (κ2) is 4.77. The lowest BCUT2D eigenvalue weighted by molar-refractivity contribution is -0.678. The molecule has 0 aliphatic carbocycles. The fourth-order valence-corrected chi connectivity index (χ4v) is 1.39. The number of aromatic nitrogens is 1. The second-order valence-corrected chi connectivity index (χ2v) is 3.64. The van der Waals surface area contributed by atoms with Crippen molar-refractivity contribution in [3.8, 4) is 5.75 Å². The van der Waals surface area contributed by atoms with Gasteiger partial charge in [0.05, 0.1) is 0 Å². The molecule has 0 spiro atoms. The van der Waals surface area contributed by atoms with Gasteiger partial charge in [0.15, 0.2) is 0 Å². The van der Waals surface area contributed by atoms with Crippen molar-refractivity contribution in [3.05, 3.63) is 59.4 Å². The maximum absolute atomic E-state index is 9.58. The van der Waals surface area contributed by atoms with E-state index in [4.69, 9.17) is 11.6 Å². The van der Waals surface area contributed by atoms with Crippen LogP contribution >= 0.6 is 11.6 Å². The van der Waals surface area contributed by atoms with Gasteiger partial charge in [0, 0.05) is 22.7 Å². The molecule has 16 heavy (non-hydrogen) atoms. The Hall–Kier alpha value is -1.87. The molecule has 0 saturated heterocycles. The van der Waals surface area contributed by atoms with Crippen molar-refractivity contribution in [3.63, 3.8) is 0 Å². The van der Waals surface area contributed by atoms with Crippen molar-refractivity contribution in [1.29, 1.82) is 0 Å². The van der Waals surface area contributed by atoms with Crippen molar-refractivity contribution in [2.45, 2.75) is 0 Å². The topological polar surface area (TPSA) is 36.5 Å². The number of aromatic hydroxyl groups is 1. The van der Waals surface area contributed by atoms with Crippen molar-refractivity contribution in [2.75, 3.05) is 0 Å². The molecule has 2 rings (SSSR count). The molecule has 3 nitrogen and oxygen atoms in total. The van der Waals surface area contributed by atoms with Crippen LogP contribution in [-0.2, 0) is 0 Å². The molecule has 2 aromatic rings. The lowest BCUT2D eigenvalue weighted by atomic mass is 10.2. The average Bonchev–Trinajstić information content (AvgIpc) is 2.29. The highest BCUT2D eigenvalue weighted by Crippen LogP contribution is 2.19. The molecule has 1 aromatic heterocycles. The van der Waals surface area contributed by atoms with Gasteiger partial charge in [0.2, 0.25) is 12.4 Å². The molecular formula is C12H10ClN2O+. The lowest BCUT2D eigenvalue weighted by Gasteiger charge is -1.96. The van der Waals surface area contributed by atoms with Crippen molar-refractivity contribution in [1.82, 2.24) is 0 Å². The number of hydrogen-bond acceptors (Lipinski definition) is 2. The minimum atomic E-state index is 0.118. The second-order valence-electron chi connectivity index (χ2n) is 3.20. The normalized spacial score (nSPS) is 10.8. The van der Waals surface area contributed by atoms with Gasteiger partial charge in [-0.05, 0) is 23.3 Å². The van der Waals surface area contributed by atoms with Crippen molar-refractivity contribution in [2.24, 2.45) is 5.10 Å². The Morgan fingerprint density at radius 3 is 2.62 bits per heavy atom. The number of phenolic OH excluding ortho intramolecular Hbond substituents is 1. The van der Waals surface area contributed by atoms with Crippen LogP contribution < -0.4 is 4.68 Å². The average molecular weight is 234 g/mol. The van der Waals surface area contributed by atoms with Gasteiger partial charge in [-0.15, -0.1) is 0 Å². The molecule has 0 fully saturated rings. The number of nitrogens with zero attached hydrogens (tertiary/aromatic N) is 2. The summed E-state index contributed by atoms with van der Waals surface area (Å²) in [6.45, 7) is 0. The highest BCUT2D eigenvalue weighted by Gasteiger charge is 2.00. The first-order chi connectivity index (χ1) is 7.75. The molecule has 80 valence electrons. The highest BCUT2D eigenvalue weighted by molar-refractivity contribution is 6.30. The van der Waals surface area contributed by atoms with Crippen LogP contribution in [0, 0.1) is 0 Å². The number of pyridine rings is 1. The molecule has 4 heteroatoms. The first-order valence-corrected chi connectivity index (χ1v) is 5.13. The van der Waals surface area contributed by atoms with E-state index in [9.17, 15) is 5.11 Å². The summed E-state index contributed by atoms with van der Waals surface area (Å²) in [4.78, 5) is 0. The van der Waals surface area contributed by atoms with Crippen LogP contribution in [-0.4, -0.2) is 11.3 Å². The molecule has 0 atom stereocenters. The molecule has 0 radical (unpaired) electrons. The molecule has 0 aliphatic rings. The van der Waals surface area contributed by atoms with E-state index in [1.54, 1.807) is 23.0 Å². The molecule has 0 amide bonds. The van der Waals surface area contributed by atoms with Crippen LogP contribution in [0.5, 0.6) is 5.75 Å². The predicted molar refractivity (Wildman–Crippen MR) is 62.7 cm³/mol. The number of benzene rings is 1. The SMILES string of the molecule is Oc1cc(Cl)ccc1/C=N/[n+]1ccccc1. The monoisotopic (exact) mass is 233 g/mol. The smallest absolute Gasteiger partial charge is 0.202 e. The summed E-state index contributed by atoms with van der Waals surface area (Å²) in [5.41, 5.74) is 0.626. The zero-order chi connectivity index (χ0) is 11.4. The van der Waals surface area contributed by atoms with Gasteiger partial charge in [-0.25, -0.2) is 0 Å². The Kier molecular flexibility index (Phi) is 3.17. The summed E-state index contributed by atoms with van der Waals surface area (Å²) in [6.07, 6.45) is 5.19. The fourth-order valence-electron chi connectivity index (χ4n) is 1.22. The summed E-state index contributed by atoms with van der Waals surface area (Å²) in [6, 6.07) is 10.6. The first kappa shape index (κ1) is 10.6. The maximum atomic E-state index is 9.58. The van der Waals surface area contributed by atoms with Crippen molar-refractivity contribution >= 4 is 17.8 Å². The third-order valence-electron chi connectivity index (χ3n) is 2.02. The summed E-state index contributed by atoms with van der Waals surface area (Å²) < 4.78 is 1.65. The molecular weight excluding hydrogens is 224 g/mol. The Morgan fingerprint density at radius 1 is 1.19 bits per heavy atom. The van der Waals surface area contributed by atoms with Gasteiger partial charge >= 0.3 is 0 Å². The van der Waals surface area contributed by atoms with Gasteiger partial charge < -0.3 is 5.11 Å². The third kappa shape index (κ3) is 2.58. The number of halogens is 1. The van der Waals surface area contributed by atoms with Crippen LogP contribution in [0.15, 0.2) is 53.9 Å². The lowest BCUT2D eigenvalue weighted by Crippen LogP contribution is -2.25.